The van der Waals surface area contributed by atoms with Crippen molar-refractivity contribution >= 4 is 34.7 Å². The first kappa shape index (κ1) is 24.9. The van der Waals surface area contributed by atoms with Gasteiger partial charge in [0.15, 0.2) is 5.78 Å². The highest BCUT2D eigenvalue weighted by Crippen LogP contribution is 2.36. The van der Waals surface area contributed by atoms with Crippen molar-refractivity contribution in [3.05, 3.63) is 35.4 Å². The molecule has 1 atom stereocenters. The Hall–Kier alpha value is -3.33. The zero-order chi connectivity index (χ0) is 23.7. The van der Waals surface area contributed by atoms with Crippen LogP contribution < -0.4 is 24.3 Å². The first-order valence-corrected chi connectivity index (χ1v) is 10.3. The van der Waals surface area contributed by atoms with Gasteiger partial charge in [-0.2, -0.15) is 10.2 Å². The van der Waals surface area contributed by atoms with Gasteiger partial charge in [-0.1, -0.05) is 11.6 Å². The summed E-state index contributed by atoms with van der Waals surface area (Å²) in [5.74, 6) is 0.454. The maximum absolute atomic E-state index is 12.8. The van der Waals surface area contributed by atoms with E-state index in [-0.39, 0.29) is 5.69 Å². The van der Waals surface area contributed by atoms with Crippen LogP contribution in [0.15, 0.2) is 40.6 Å². The standard InChI is InChI=1S/C22H26ClN3O6/c1-6-31-14-8-9-18(32-7-2)17(10-14)25-26-21(13(3)27)22(28)24-16-12-19(29-4)15(23)11-20(16)30-5/h8-12,21H,6-7H2,1-5H3,(H,24,28). The van der Waals surface area contributed by atoms with Crippen molar-refractivity contribution in [3.63, 3.8) is 0 Å². The summed E-state index contributed by atoms with van der Waals surface area (Å²) in [7, 11) is 2.87. The van der Waals surface area contributed by atoms with E-state index >= 15 is 0 Å². The third-order valence-electron chi connectivity index (χ3n) is 4.19. The number of rotatable bonds is 11. The molecule has 0 aliphatic carbocycles. The van der Waals surface area contributed by atoms with Crippen molar-refractivity contribution in [1.29, 1.82) is 0 Å². The summed E-state index contributed by atoms with van der Waals surface area (Å²) < 4.78 is 21.5. The molecule has 2 rings (SSSR count). The topological polar surface area (TPSA) is 108 Å². The molecule has 172 valence electrons. The number of carbonyl (C=O) groups is 2. The molecule has 0 fully saturated rings. The summed E-state index contributed by atoms with van der Waals surface area (Å²) in [6, 6.07) is 6.64. The molecule has 9 nitrogen and oxygen atoms in total. The van der Waals surface area contributed by atoms with Crippen LogP contribution in [0.3, 0.4) is 0 Å². The van der Waals surface area contributed by atoms with Crippen LogP contribution in [0, 0.1) is 0 Å². The molecule has 2 aromatic rings. The van der Waals surface area contributed by atoms with Gasteiger partial charge in [0, 0.05) is 18.2 Å². The van der Waals surface area contributed by atoms with E-state index in [1.807, 2.05) is 13.8 Å². The van der Waals surface area contributed by atoms with E-state index in [0.29, 0.717) is 46.9 Å². The van der Waals surface area contributed by atoms with Crippen LogP contribution in [0.25, 0.3) is 0 Å². The van der Waals surface area contributed by atoms with E-state index in [0.717, 1.165) is 0 Å². The molecule has 1 amide bonds. The van der Waals surface area contributed by atoms with E-state index < -0.39 is 17.7 Å². The number of nitrogens with zero attached hydrogens (tertiary/aromatic N) is 2. The lowest BCUT2D eigenvalue weighted by atomic mass is 10.2. The predicted octanol–water partition coefficient (Wildman–Crippen LogP) is 4.83. The van der Waals surface area contributed by atoms with Gasteiger partial charge < -0.3 is 24.3 Å². The minimum atomic E-state index is -1.40. The molecule has 0 saturated carbocycles. The maximum Gasteiger partial charge on any atom is 0.258 e. The SMILES string of the molecule is CCOc1ccc(OCC)c(N=NC(C(C)=O)C(=O)Nc2cc(OC)c(Cl)cc2OC)c1. The number of azo groups is 1. The molecule has 2 aromatic carbocycles. The number of benzene rings is 2. The van der Waals surface area contributed by atoms with Crippen molar-refractivity contribution in [1.82, 2.24) is 0 Å². The zero-order valence-corrected chi connectivity index (χ0v) is 19.4. The van der Waals surface area contributed by atoms with Gasteiger partial charge in [0.05, 0.1) is 38.1 Å². The van der Waals surface area contributed by atoms with Gasteiger partial charge in [0.1, 0.15) is 28.7 Å². The molecule has 32 heavy (non-hydrogen) atoms. The highest BCUT2D eigenvalue weighted by Gasteiger charge is 2.25. The fourth-order valence-corrected chi connectivity index (χ4v) is 2.94. The third kappa shape index (κ3) is 6.34. The molecule has 0 heterocycles. The number of methoxy groups -OCH3 is 2. The Bertz CT molecular complexity index is 996. The number of ether oxygens (including phenoxy) is 4. The van der Waals surface area contributed by atoms with E-state index in [2.05, 4.69) is 15.5 Å². The average molecular weight is 464 g/mol. The zero-order valence-electron chi connectivity index (χ0n) is 18.6. The Labute approximate surface area is 191 Å². The maximum atomic E-state index is 12.8. The van der Waals surface area contributed by atoms with Gasteiger partial charge in [-0.05, 0) is 32.9 Å². The molecule has 1 unspecified atom stereocenters. The third-order valence-corrected chi connectivity index (χ3v) is 4.48. The minimum Gasteiger partial charge on any atom is -0.495 e. The summed E-state index contributed by atoms with van der Waals surface area (Å²) in [6.45, 7) is 5.81. The van der Waals surface area contributed by atoms with Crippen LogP contribution >= 0.6 is 11.6 Å². The first-order chi connectivity index (χ1) is 15.3. The summed E-state index contributed by atoms with van der Waals surface area (Å²) in [4.78, 5) is 25.0. The summed E-state index contributed by atoms with van der Waals surface area (Å²) in [5.41, 5.74) is 0.608. The number of ketones is 1. The summed E-state index contributed by atoms with van der Waals surface area (Å²) >= 11 is 6.10. The Kier molecular flexibility index (Phi) is 9.27. The van der Waals surface area contributed by atoms with E-state index in [1.54, 1.807) is 18.2 Å². The molecular weight excluding hydrogens is 438 g/mol. The molecule has 0 aromatic heterocycles. The monoisotopic (exact) mass is 463 g/mol. The van der Waals surface area contributed by atoms with Crippen LogP contribution in [-0.4, -0.2) is 45.2 Å². The van der Waals surface area contributed by atoms with Gasteiger partial charge in [-0.15, -0.1) is 0 Å². The lowest BCUT2D eigenvalue weighted by molar-refractivity contribution is -0.126. The largest absolute Gasteiger partial charge is 0.495 e. The second-order valence-corrected chi connectivity index (χ2v) is 6.81. The normalized spacial score (nSPS) is 11.7. The molecule has 0 spiro atoms. The van der Waals surface area contributed by atoms with Crippen molar-refractivity contribution < 1.29 is 28.5 Å². The summed E-state index contributed by atoms with van der Waals surface area (Å²) in [6.07, 6.45) is 0. The Morgan fingerprint density at radius 1 is 1.00 bits per heavy atom. The second-order valence-electron chi connectivity index (χ2n) is 6.40. The number of amides is 1. The smallest absolute Gasteiger partial charge is 0.258 e. The molecule has 0 aliphatic heterocycles. The van der Waals surface area contributed by atoms with E-state index in [1.165, 1.54) is 33.3 Å². The Morgan fingerprint density at radius 2 is 1.69 bits per heavy atom. The van der Waals surface area contributed by atoms with E-state index in [9.17, 15) is 9.59 Å². The number of carbonyl (C=O) groups excluding carboxylic acids is 2. The van der Waals surface area contributed by atoms with Crippen LogP contribution in [0.4, 0.5) is 11.4 Å². The second kappa shape index (κ2) is 11.9. The van der Waals surface area contributed by atoms with Gasteiger partial charge in [0.2, 0.25) is 6.04 Å². The number of Topliss-reactive ketones (excluding diaryl/α,β-unsaturated/α-hetero) is 1. The number of nitrogens with one attached hydrogen (secondary N) is 1. The number of halogens is 1. The highest BCUT2D eigenvalue weighted by molar-refractivity contribution is 6.32. The fraction of sp³-hybridized carbons (Fsp3) is 0.364. The minimum absolute atomic E-state index is 0.272. The quantitative estimate of drug-likeness (QED) is 0.377. The Morgan fingerprint density at radius 3 is 2.28 bits per heavy atom. The Balaban J connectivity index is 2.33. The van der Waals surface area contributed by atoms with Crippen molar-refractivity contribution in [2.24, 2.45) is 10.2 Å². The van der Waals surface area contributed by atoms with Crippen LogP contribution in [-0.2, 0) is 9.59 Å². The van der Waals surface area contributed by atoms with Crippen LogP contribution in [0.2, 0.25) is 5.02 Å². The average Bonchev–Trinajstić information content (AvgIpc) is 2.76. The van der Waals surface area contributed by atoms with Gasteiger partial charge >= 0.3 is 0 Å². The van der Waals surface area contributed by atoms with Gasteiger partial charge in [-0.25, -0.2) is 0 Å². The van der Waals surface area contributed by atoms with E-state index in [4.69, 9.17) is 30.5 Å². The lowest BCUT2D eigenvalue weighted by Crippen LogP contribution is -2.32. The van der Waals surface area contributed by atoms with Crippen molar-refractivity contribution in [2.45, 2.75) is 26.8 Å². The number of hydrogen-bond acceptors (Lipinski definition) is 8. The van der Waals surface area contributed by atoms with Gasteiger partial charge in [0.25, 0.3) is 5.91 Å². The molecule has 0 aliphatic rings. The van der Waals surface area contributed by atoms with Crippen molar-refractivity contribution in [2.75, 3.05) is 32.8 Å². The highest BCUT2D eigenvalue weighted by atomic mass is 35.5. The lowest BCUT2D eigenvalue weighted by Gasteiger charge is -2.15. The number of hydrogen-bond donors (Lipinski definition) is 1. The predicted molar refractivity (Wildman–Crippen MR) is 121 cm³/mol. The molecule has 0 radical (unpaired) electrons. The van der Waals surface area contributed by atoms with Crippen LogP contribution in [0.5, 0.6) is 23.0 Å². The first-order valence-electron chi connectivity index (χ1n) is 9.87. The summed E-state index contributed by atoms with van der Waals surface area (Å²) in [5, 5.41) is 11.0. The molecule has 1 N–H and O–H groups in total. The van der Waals surface area contributed by atoms with Crippen molar-refractivity contribution in [3.8, 4) is 23.0 Å². The molecule has 10 heteroatoms. The molecule has 0 bridgehead atoms. The van der Waals surface area contributed by atoms with Gasteiger partial charge in [-0.3, -0.25) is 9.59 Å². The molecule has 0 saturated heterocycles. The molecular formula is C22H26ClN3O6. The fourth-order valence-electron chi connectivity index (χ4n) is 2.71. The number of anilines is 1. The van der Waals surface area contributed by atoms with Crippen LogP contribution in [0.1, 0.15) is 20.8 Å².